The normalized spacial score (nSPS) is 11.6. The average Bonchev–Trinajstić information content (AvgIpc) is 2.84. The van der Waals surface area contributed by atoms with E-state index in [1.54, 1.807) is 6.07 Å². The van der Waals surface area contributed by atoms with E-state index in [0.717, 1.165) is 28.3 Å². The molecule has 2 N–H and O–H groups in total. The summed E-state index contributed by atoms with van der Waals surface area (Å²) >= 11 is 9.98. The third-order valence-corrected chi connectivity index (χ3v) is 6.41. The van der Waals surface area contributed by atoms with E-state index in [2.05, 4.69) is 20.7 Å². The van der Waals surface area contributed by atoms with Crippen LogP contribution in [0, 0.1) is 5.82 Å². The number of aliphatic hydroxyl groups excluding tert-OH is 1. The first-order valence-corrected chi connectivity index (χ1v) is 9.17. The minimum absolute atomic E-state index is 0.0439. The van der Waals surface area contributed by atoms with Gasteiger partial charge in [-0.3, -0.25) is 4.72 Å². The summed E-state index contributed by atoms with van der Waals surface area (Å²) < 4.78 is 40.3. The van der Waals surface area contributed by atoms with Crippen LogP contribution in [0.2, 0.25) is 5.02 Å². The van der Waals surface area contributed by atoms with E-state index in [0.29, 0.717) is 6.42 Å². The third-order valence-electron chi connectivity index (χ3n) is 2.50. The number of hydrogen-bond acceptors (Lipinski definition) is 4. The van der Waals surface area contributed by atoms with E-state index >= 15 is 0 Å². The molecule has 0 aliphatic heterocycles. The van der Waals surface area contributed by atoms with Crippen LogP contribution in [0.3, 0.4) is 0 Å². The largest absolute Gasteiger partial charge is 0.396 e. The fraction of sp³-hybridized carbons (Fsp3) is 0.167. The third kappa shape index (κ3) is 3.95. The Kier molecular flexibility index (Phi) is 5.26. The molecule has 0 unspecified atom stereocenters. The van der Waals surface area contributed by atoms with Crippen molar-refractivity contribution < 1.29 is 17.9 Å². The van der Waals surface area contributed by atoms with E-state index in [9.17, 15) is 12.8 Å². The summed E-state index contributed by atoms with van der Waals surface area (Å²) in [5.41, 5.74) is 0.0789. The molecule has 0 saturated heterocycles. The number of anilines is 1. The van der Waals surface area contributed by atoms with Crippen LogP contribution < -0.4 is 4.72 Å². The maximum Gasteiger partial charge on any atom is 0.271 e. The first kappa shape index (κ1) is 16.7. The number of rotatable bonds is 5. The number of sulfonamides is 1. The second-order valence-corrected chi connectivity index (χ2v) is 8.38. The minimum atomic E-state index is -3.82. The Balaban J connectivity index is 2.33. The lowest BCUT2D eigenvalue weighted by Crippen LogP contribution is -2.12. The molecule has 4 nitrogen and oxygen atoms in total. The van der Waals surface area contributed by atoms with Gasteiger partial charge in [0.15, 0.2) is 0 Å². The molecule has 0 aliphatic carbocycles. The van der Waals surface area contributed by atoms with Gasteiger partial charge in [0.1, 0.15) is 10.0 Å². The SMILES string of the molecule is O=S(=O)(Nc1c(Cl)cc(F)cc1Br)c1ccc(CCO)s1. The van der Waals surface area contributed by atoms with Crippen LogP contribution in [0.4, 0.5) is 10.1 Å². The number of benzene rings is 1. The Bertz CT molecular complexity index is 741. The molecule has 1 aromatic heterocycles. The molecular formula is C12H10BrClFNO3S2. The summed E-state index contributed by atoms with van der Waals surface area (Å²) in [6, 6.07) is 5.23. The monoisotopic (exact) mass is 413 g/mol. The second-order valence-electron chi connectivity index (χ2n) is 4.04. The predicted octanol–water partition coefficient (Wildman–Crippen LogP) is 3.64. The molecule has 0 radical (unpaired) electrons. The Morgan fingerprint density at radius 2 is 2.10 bits per heavy atom. The fourth-order valence-electron chi connectivity index (χ4n) is 1.57. The van der Waals surface area contributed by atoms with Gasteiger partial charge in [0.2, 0.25) is 0 Å². The number of hydrogen-bond donors (Lipinski definition) is 2. The van der Waals surface area contributed by atoms with Crippen LogP contribution >= 0.6 is 38.9 Å². The number of nitrogens with one attached hydrogen (secondary N) is 1. The maximum absolute atomic E-state index is 13.1. The lowest BCUT2D eigenvalue weighted by atomic mass is 10.3. The molecule has 1 aromatic carbocycles. The van der Waals surface area contributed by atoms with Crippen molar-refractivity contribution in [3.63, 3.8) is 0 Å². The van der Waals surface area contributed by atoms with Gasteiger partial charge in [0.05, 0.1) is 10.7 Å². The molecule has 1 heterocycles. The highest BCUT2D eigenvalue weighted by Gasteiger charge is 2.20. The summed E-state index contributed by atoms with van der Waals surface area (Å²) in [6.45, 7) is -0.0528. The molecule has 0 saturated carbocycles. The summed E-state index contributed by atoms with van der Waals surface area (Å²) in [4.78, 5) is 0.752. The topological polar surface area (TPSA) is 66.4 Å². The van der Waals surface area contributed by atoms with Crippen LogP contribution in [0.25, 0.3) is 0 Å². The van der Waals surface area contributed by atoms with E-state index in [1.807, 2.05) is 0 Å². The van der Waals surface area contributed by atoms with Crippen LogP contribution in [-0.4, -0.2) is 20.1 Å². The zero-order chi connectivity index (χ0) is 15.6. The summed E-state index contributed by atoms with van der Waals surface area (Å²) in [7, 11) is -3.82. The van der Waals surface area contributed by atoms with Crippen molar-refractivity contribution in [2.24, 2.45) is 0 Å². The smallest absolute Gasteiger partial charge is 0.271 e. The highest BCUT2D eigenvalue weighted by molar-refractivity contribution is 9.10. The summed E-state index contributed by atoms with van der Waals surface area (Å²) in [6.07, 6.45) is 0.390. The van der Waals surface area contributed by atoms with E-state index < -0.39 is 15.8 Å². The van der Waals surface area contributed by atoms with Crippen molar-refractivity contribution in [2.75, 3.05) is 11.3 Å². The van der Waals surface area contributed by atoms with E-state index in [-0.39, 0.29) is 26.0 Å². The van der Waals surface area contributed by atoms with E-state index in [1.165, 1.54) is 6.07 Å². The van der Waals surface area contributed by atoms with Crippen LogP contribution in [0.15, 0.2) is 32.9 Å². The Hall–Kier alpha value is -0.670. The lowest BCUT2D eigenvalue weighted by Gasteiger charge is -2.10. The zero-order valence-electron chi connectivity index (χ0n) is 10.4. The predicted molar refractivity (Wildman–Crippen MR) is 85.0 cm³/mol. The molecule has 0 fully saturated rings. The summed E-state index contributed by atoms with van der Waals surface area (Å²) in [5, 5.41) is 8.80. The van der Waals surface area contributed by atoms with Crippen molar-refractivity contribution in [3.05, 3.63) is 44.5 Å². The van der Waals surface area contributed by atoms with Gasteiger partial charge in [0.25, 0.3) is 10.0 Å². The Labute approximate surface area is 138 Å². The Morgan fingerprint density at radius 1 is 1.38 bits per heavy atom. The van der Waals surface area contributed by atoms with Gasteiger partial charge in [-0.15, -0.1) is 11.3 Å². The second kappa shape index (κ2) is 6.62. The fourth-order valence-corrected chi connectivity index (χ4v) is 5.10. The van der Waals surface area contributed by atoms with Gasteiger partial charge >= 0.3 is 0 Å². The molecular weight excluding hydrogens is 405 g/mol. The van der Waals surface area contributed by atoms with E-state index in [4.69, 9.17) is 16.7 Å². The molecule has 114 valence electrons. The number of halogens is 3. The molecule has 0 aliphatic rings. The maximum atomic E-state index is 13.1. The zero-order valence-corrected chi connectivity index (χ0v) is 14.4. The van der Waals surface area contributed by atoms with Crippen LogP contribution in [0.5, 0.6) is 0 Å². The van der Waals surface area contributed by atoms with Gasteiger partial charge in [-0.1, -0.05) is 11.6 Å². The molecule has 0 amide bonds. The molecule has 0 atom stereocenters. The molecule has 2 rings (SSSR count). The highest BCUT2D eigenvalue weighted by Crippen LogP contribution is 2.34. The first-order chi connectivity index (χ1) is 9.83. The van der Waals surface area contributed by atoms with Gasteiger partial charge in [0, 0.05) is 22.4 Å². The van der Waals surface area contributed by atoms with Crippen molar-refractivity contribution in [1.29, 1.82) is 0 Å². The van der Waals surface area contributed by atoms with Gasteiger partial charge in [-0.05, 0) is 40.2 Å². The molecule has 21 heavy (non-hydrogen) atoms. The van der Waals surface area contributed by atoms with Gasteiger partial charge < -0.3 is 5.11 Å². The molecule has 2 aromatic rings. The summed E-state index contributed by atoms with van der Waals surface area (Å²) in [5.74, 6) is -0.573. The Morgan fingerprint density at radius 3 is 2.71 bits per heavy atom. The number of thiophene rings is 1. The minimum Gasteiger partial charge on any atom is -0.396 e. The van der Waals surface area contributed by atoms with Crippen molar-refractivity contribution in [2.45, 2.75) is 10.6 Å². The lowest BCUT2D eigenvalue weighted by molar-refractivity contribution is 0.300. The first-order valence-electron chi connectivity index (χ1n) is 5.70. The van der Waals surface area contributed by atoms with Crippen molar-refractivity contribution in [1.82, 2.24) is 0 Å². The molecule has 0 spiro atoms. The van der Waals surface area contributed by atoms with Crippen LogP contribution in [0.1, 0.15) is 4.88 Å². The average molecular weight is 415 g/mol. The molecule has 0 bridgehead atoms. The van der Waals surface area contributed by atoms with Crippen molar-refractivity contribution in [3.8, 4) is 0 Å². The van der Waals surface area contributed by atoms with Crippen LogP contribution in [-0.2, 0) is 16.4 Å². The number of aliphatic hydroxyl groups is 1. The standard InChI is InChI=1S/C12H10BrClFNO3S2/c13-9-5-7(15)6-10(14)12(9)16-21(18,19)11-2-1-8(20-11)3-4-17/h1-2,5-6,16-17H,3-4H2. The van der Waals surface area contributed by atoms with Crippen molar-refractivity contribution >= 4 is 54.6 Å². The highest BCUT2D eigenvalue weighted by atomic mass is 79.9. The quantitative estimate of drug-likeness (QED) is 0.785. The van der Waals surface area contributed by atoms with Gasteiger partial charge in [-0.2, -0.15) is 0 Å². The molecule has 9 heteroatoms. The van der Waals surface area contributed by atoms with Gasteiger partial charge in [-0.25, -0.2) is 12.8 Å².